The van der Waals surface area contributed by atoms with Gasteiger partial charge in [0.1, 0.15) is 5.75 Å². The Kier molecular flexibility index (Phi) is 6.30. The molecular weight excluding hydrogens is 512 g/mol. The van der Waals surface area contributed by atoms with Crippen molar-refractivity contribution in [1.29, 1.82) is 0 Å². The Morgan fingerprint density at radius 1 is 0.683 bits per heavy atom. The van der Waals surface area contributed by atoms with Gasteiger partial charge in [-0.15, -0.1) is 20.4 Å². The summed E-state index contributed by atoms with van der Waals surface area (Å²) in [5.41, 5.74) is 4.61. The van der Waals surface area contributed by atoms with Crippen LogP contribution in [0, 0.1) is 17.8 Å². The number of rotatable bonds is 7. The van der Waals surface area contributed by atoms with Gasteiger partial charge in [0.05, 0.1) is 6.61 Å². The lowest BCUT2D eigenvalue weighted by atomic mass is 9.87. The zero-order valence-corrected chi connectivity index (χ0v) is 23.4. The molecular formula is C34H32N4O3. The molecule has 2 aromatic heterocycles. The average Bonchev–Trinajstić information content (AvgIpc) is 3.81. The predicted molar refractivity (Wildman–Crippen MR) is 157 cm³/mol. The summed E-state index contributed by atoms with van der Waals surface area (Å²) < 4.78 is 18.1. The summed E-state index contributed by atoms with van der Waals surface area (Å²) in [6.45, 7) is 7.33. The number of hydrogen-bond donors (Lipinski definition) is 0. The minimum Gasteiger partial charge on any atom is -0.493 e. The van der Waals surface area contributed by atoms with Crippen molar-refractivity contribution in [3.05, 3.63) is 90.5 Å². The van der Waals surface area contributed by atoms with Crippen molar-refractivity contribution in [3.8, 4) is 51.6 Å². The van der Waals surface area contributed by atoms with Crippen molar-refractivity contribution < 1.29 is 13.6 Å². The van der Waals surface area contributed by atoms with Gasteiger partial charge in [0.2, 0.25) is 23.6 Å². The van der Waals surface area contributed by atoms with Gasteiger partial charge in [-0.2, -0.15) is 0 Å². The topological polar surface area (TPSA) is 87.1 Å². The number of hydrogen-bond acceptors (Lipinski definition) is 7. The first kappa shape index (κ1) is 25.4. The Bertz CT molecular complexity index is 1690. The Labute approximate surface area is 239 Å². The molecule has 3 aromatic carbocycles. The van der Waals surface area contributed by atoms with Crippen LogP contribution in [-0.2, 0) is 5.41 Å². The third kappa shape index (κ3) is 5.20. The first-order chi connectivity index (χ1) is 19.9. The second kappa shape index (κ2) is 10.1. The van der Waals surface area contributed by atoms with E-state index in [0.717, 1.165) is 40.5 Å². The lowest BCUT2D eigenvalue weighted by molar-refractivity contribution is 0.228. The zero-order chi connectivity index (χ0) is 28.0. The normalized spacial score (nSPS) is 19.6. The Balaban J connectivity index is 1.03. The summed E-state index contributed by atoms with van der Waals surface area (Å²) >= 11 is 0. The molecule has 1 fully saturated rings. The average molecular weight is 545 g/mol. The molecule has 2 aliphatic carbocycles. The molecule has 2 heterocycles. The molecule has 0 spiro atoms. The molecule has 41 heavy (non-hydrogen) atoms. The van der Waals surface area contributed by atoms with Crippen molar-refractivity contribution in [2.45, 2.75) is 39.0 Å². The molecule has 7 heteroatoms. The highest BCUT2D eigenvalue weighted by atomic mass is 16.5. The molecule has 0 aliphatic heterocycles. The Hall–Kier alpha value is -4.52. The molecule has 0 radical (unpaired) electrons. The third-order valence-corrected chi connectivity index (χ3v) is 8.19. The first-order valence-electron chi connectivity index (χ1n) is 14.2. The smallest absolute Gasteiger partial charge is 0.248 e. The molecule has 206 valence electrons. The molecule has 7 rings (SSSR count). The lowest BCUT2D eigenvalue weighted by Gasteiger charge is -2.18. The molecule has 2 aliphatic rings. The molecule has 1 saturated carbocycles. The number of benzene rings is 3. The third-order valence-electron chi connectivity index (χ3n) is 8.19. The van der Waals surface area contributed by atoms with Gasteiger partial charge in [-0.3, -0.25) is 0 Å². The molecule has 0 amide bonds. The van der Waals surface area contributed by atoms with E-state index in [4.69, 9.17) is 13.6 Å². The Morgan fingerprint density at radius 3 is 1.76 bits per heavy atom. The molecule has 3 unspecified atom stereocenters. The van der Waals surface area contributed by atoms with E-state index < -0.39 is 0 Å². The van der Waals surface area contributed by atoms with E-state index in [2.05, 4.69) is 65.5 Å². The maximum absolute atomic E-state index is 6.09. The van der Waals surface area contributed by atoms with Crippen molar-refractivity contribution in [2.24, 2.45) is 17.8 Å². The highest BCUT2D eigenvalue weighted by Crippen LogP contribution is 2.43. The fraction of sp³-hybridized carbons (Fsp3) is 0.294. The maximum Gasteiger partial charge on any atom is 0.248 e. The second-order valence-electron chi connectivity index (χ2n) is 12.1. The van der Waals surface area contributed by atoms with Crippen molar-refractivity contribution >= 4 is 0 Å². The van der Waals surface area contributed by atoms with Gasteiger partial charge in [-0.1, -0.05) is 51.1 Å². The second-order valence-corrected chi connectivity index (χ2v) is 12.1. The van der Waals surface area contributed by atoms with Gasteiger partial charge in [-0.25, -0.2) is 0 Å². The van der Waals surface area contributed by atoms with Crippen LogP contribution in [0.5, 0.6) is 5.75 Å². The summed E-state index contributed by atoms with van der Waals surface area (Å²) in [7, 11) is 0. The molecule has 0 N–H and O–H groups in total. The van der Waals surface area contributed by atoms with Crippen LogP contribution < -0.4 is 4.74 Å². The molecule has 3 atom stereocenters. The first-order valence-corrected chi connectivity index (χ1v) is 14.2. The van der Waals surface area contributed by atoms with Crippen molar-refractivity contribution in [3.63, 3.8) is 0 Å². The van der Waals surface area contributed by atoms with Crippen LogP contribution in [0.1, 0.15) is 39.2 Å². The van der Waals surface area contributed by atoms with E-state index in [1.807, 2.05) is 60.7 Å². The molecule has 2 bridgehead atoms. The number of nitrogens with zero attached hydrogens (tertiary/aromatic N) is 4. The summed E-state index contributed by atoms with van der Waals surface area (Å²) in [5.74, 6) is 4.70. The zero-order valence-electron chi connectivity index (χ0n) is 23.4. The van der Waals surface area contributed by atoms with E-state index in [9.17, 15) is 0 Å². The van der Waals surface area contributed by atoms with E-state index in [1.165, 1.54) is 18.4 Å². The minimum absolute atomic E-state index is 0.0813. The van der Waals surface area contributed by atoms with Gasteiger partial charge in [0.25, 0.3) is 0 Å². The SMILES string of the molecule is CC(C)(C)c1ccc(-c2nnc(-c3cccc(-c4nnc(-c5ccc(OCC6CC7C=CC6C7)cc5)o4)c3)o2)cc1. The van der Waals surface area contributed by atoms with Gasteiger partial charge in [0.15, 0.2) is 0 Å². The molecule has 0 saturated heterocycles. The van der Waals surface area contributed by atoms with Gasteiger partial charge >= 0.3 is 0 Å². The van der Waals surface area contributed by atoms with Crippen LogP contribution in [0.15, 0.2) is 93.8 Å². The Morgan fingerprint density at radius 2 is 1.24 bits per heavy atom. The minimum atomic E-state index is 0.0813. The monoisotopic (exact) mass is 544 g/mol. The number of fused-ring (bicyclic) bond motifs is 2. The summed E-state index contributed by atoms with van der Waals surface area (Å²) in [5, 5.41) is 17.1. The largest absolute Gasteiger partial charge is 0.493 e. The van der Waals surface area contributed by atoms with Crippen molar-refractivity contribution in [2.75, 3.05) is 6.61 Å². The van der Waals surface area contributed by atoms with Crippen LogP contribution in [0.2, 0.25) is 0 Å². The van der Waals surface area contributed by atoms with E-state index in [0.29, 0.717) is 35.4 Å². The van der Waals surface area contributed by atoms with Crippen LogP contribution in [0.4, 0.5) is 0 Å². The van der Waals surface area contributed by atoms with E-state index in [-0.39, 0.29) is 5.41 Å². The molecule has 5 aromatic rings. The van der Waals surface area contributed by atoms with Crippen LogP contribution >= 0.6 is 0 Å². The quantitative estimate of drug-likeness (QED) is 0.192. The lowest BCUT2D eigenvalue weighted by Crippen LogP contribution is -2.16. The highest BCUT2D eigenvalue weighted by Gasteiger charge is 2.35. The van der Waals surface area contributed by atoms with Gasteiger partial charge in [0, 0.05) is 22.3 Å². The van der Waals surface area contributed by atoms with Crippen LogP contribution in [-0.4, -0.2) is 27.0 Å². The summed E-state index contributed by atoms with van der Waals surface area (Å²) in [4.78, 5) is 0. The maximum atomic E-state index is 6.09. The number of ether oxygens (including phenoxy) is 1. The standard InChI is InChI=1S/C34H32N4O3/c1-34(2,3)28-13-9-22(10-14-28)30-35-37-32(40-30)25-5-4-6-26(19-25)33-38-36-31(41-33)23-11-15-29(16-12-23)39-20-27-18-21-7-8-24(27)17-21/h4-16,19,21,24,27H,17-18,20H2,1-3H3. The van der Waals surface area contributed by atoms with Crippen LogP contribution in [0.3, 0.4) is 0 Å². The van der Waals surface area contributed by atoms with Crippen molar-refractivity contribution in [1.82, 2.24) is 20.4 Å². The highest BCUT2D eigenvalue weighted by molar-refractivity contribution is 5.66. The van der Waals surface area contributed by atoms with Crippen LogP contribution in [0.25, 0.3) is 45.8 Å². The van der Waals surface area contributed by atoms with Gasteiger partial charge < -0.3 is 13.6 Å². The number of aromatic nitrogens is 4. The van der Waals surface area contributed by atoms with E-state index in [1.54, 1.807) is 0 Å². The molecule has 7 nitrogen and oxygen atoms in total. The summed E-state index contributed by atoms with van der Waals surface area (Å²) in [6.07, 6.45) is 7.25. The summed E-state index contributed by atoms with van der Waals surface area (Å²) in [6, 6.07) is 23.8. The van der Waals surface area contributed by atoms with Gasteiger partial charge in [-0.05, 0) is 96.2 Å². The predicted octanol–water partition coefficient (Wildman–Crippen LogP) is 8.01. The fourth-order valence-corrected chi connectivity index (χ4v) is 5.79. The van der Waals surface area contributed by atoms with E-state index >= 15 is 0 Å². The number of allylic oxidation sites excluding steroid dienone is 2. The fourth-order valence-electron chi connectivity index (χ4n) is 5.79.